The molecule has 0 radical (unpaired) electrons. The molecule has 0 saturated heterocycles. The van der Waals surface area contributed by atoms with Crippen molar-refractivity contribution >= 4 is 16.5 Å². The molecule has 5 nitrogen and oxygen atoms in total. The quantitative estimate of drug-likeness (QED) is 0.855. The normalized spacial score (nSPS) is 10.7. The van der Waals surface area contributed by atoms with Gasteiger partial charge in [-0.3, -0.25) is 0 Å². The molecule has 0 spiro atoms. The van der Waals surface area contributed by atoms with Crippen molar-refractivity contribution in [3.05, 3.63) is 23.2 Å². The molecule has 6 heteroatoms. The summed E-state index contributed by atoms with van der Waals surface area (Å²) in [7, 11) is 0. The summed E-state index contributed by atoms with van der Waals surface area (Å²) in [4.78, 5) is 4.34. The summed E-state index contributed by atoms with van der Waals surface area (Å²) in [5.74, 6) is 1.05. The second-order valence-electron chi connectivity index (χ2n) is 3.73. The van der Waals surface area contributed by atoms with Crippen LogP contribution in [0.3, 0.4) is 0 Å². The van der Waals surface area contributed by atoms with E-state index in [2.05, 4.69) is 38.9 Å². The predicted octanol–water partition coefficient (Wildman–Crippen LogP) is 2.17. The lowest BCUT2D eigenvalue weighted by atomic mass is 10.4. The van der Waals surface area contributed by atoms with Gasteiger partial charge in [0.05, 0.1) is 6.42 Å². The van der Waals surface area contributed by atoms with Crippen molar-refractivity contribution in [3.63, 3.8) is 0 Å². The third-order valence-electron chi connectivity index (χ3n) is 2.44. The molecule has 2 aromatic heterocycles. The Kier molecular flexibility index (Phi) is 4.08. The largest absolute Gasteiger partial charge is 0.360 e. The van der Waals surface area contributed by atoms with Crippen molar-refractivity contribution in [2.24, 2.45) is 0 Å². The van der Waals surface area contributed by atoms with E-state index < -0.39 is 0 Å². The van der Waals surface area contributed by atoms with Crippen LogP contribution in [0.5, 0.6) is 0 Å². The van der Waals surface area contributed by atoms with Gasteiger partial charge >= 0.3 is 0 Å². The maximum atomic E-state index is 4.34. The van der Waals surface area contributed by atoms with Gasteiger partial charge in [-0.25, -0.2) is 4.98 Å². The van der Waals surface area contributed by atoms with Crippen molar-refractivity contribution in [2.45, 2.75) is 33.2 Å². The predicted molar refractivity (Wildman–Crippen MR) is 69.4 cm³/mol. The second kappa shape index (κ2) is 5.77. The Morgan fingerprint density at radius 1 is 1.35 bits per heavy atom. The van der Waals surface area contributed by atoms with E-state index in [4.69, 9.17) is 0 Å². The summed E-state index contributed by atoms with van der Waals surface area (Å²) in [5.41, 5.74) is 0. The maximum absolute atomic E-state index is 4.34. The Hall–Kier alpha value is -1.43. The number of nitrogens with zero attached hydrogens (tertiary/aromatic N) is 4. The van der Waals surface area contributed by atoms with Gasteiger partial charge in [0.25, 0.3) is 0 Å². The number of anilines is 1. The van der Waals surface area contributed by atoms with Gasteiger partial charge in [-0.1, -0.05) is 18.3 Å². The smallest absolute Gasteiger partial charge is 0.205 e. The molecule has 2 heterocycles. The van der Waals surface area contributed by atoms with E-state index in [1.165, 1.54) is 0 Å². The van der Waals surface area contributed by atoms with Crippen LogP contribution < -0.4 is 5.32 Å². The van der Waals surface area contributed by atoms with Gasteiger partial charge in [0, 0.05) is 25.5 Å². The van der Waals surface area contributed by atoms with E-state index >= 15 is 0 Å². The van der Waals surface area contributed by atoms with E-state index in [1.54, 1.807) is 11.3 Å². The van der Waals surface area contributed by atoms with Crippen LogP contribution in [-0.4, -0.2) is 26.3 Å². The fourth-order valence-corrected chi connectivity index (χ4v) is 2.32. The van der Waals surface area contributed by atoms with Crippen LogP contribution in [0, 0.1) is 0 Å². The monoisotopic (exact) mass is 251 g/mol. The molecule has 2 aromatic rings. The molecule has 17 heavy (non-hydrogen) atoms. The van der Waals surface area contributed by atoms with E-state index in [0.717, 1.165) is 41.9 Å². The SMILES string of the molecule is CCCNc1nnc(Cc2nccn2CC)s1. The molecule has 1 N–H and O–H groups in total. The molecule has 0 saturated carbocycles. The lowest BCUT2D eigenvalue weighted by Crippen LogP contribution is -2.01. The van der Waals surface area contributed by atoms with Crippen LogP contribution >= 0.6 is 11.3 Å². The number of nitrogens with one attached hydrogen (secondary N) is 1. The molecule has 0 bridgehead atoms. The first-order valence-corrected chi connectivity index (χ1v) is 6.71. The van der Waals surface area contributed by atoms with Gasteiger partial charge in [-0.05, 0) is 13.3 Å². The standard InChI is InChI=1S/C11H17N5S/c1-3-5-13-11-15-14-10(17-11)8-9-12-6-7-16(9)4-2/h6-7H,3-5,8H2,1-2H3,(H,13,15). The van der Waals surface area contributed by atoms with Gasteiger partial charge in [0.2, 0.25) is 5.13 Å². The number of imidazole rings is 1. The molecular formula is C11H17N5S. The minimum atomic E-state index is 0.756. The number of rotatable bonds is 6. The summed E-state index contributed by atoms with van der Waals surface area (Å²) in [6, 6.07) is 0. The highest BCUT2D eigenvalue weighted by Crippen LogP contribution is 2.17. The van der Waals surface area contributed by atoms with E-state index in [1.807, 2.05) is 12.4 Å². The van der Waals surface area contributed by atoms with Crippen LogP contribution in [0.4, 0.5) is 5.13 Å². The van der Waals surface area contributed by atoms with Crippen LogP contribution in [-0.2, 0) is 13.0 Å². The molecule has 0 amide bonds. The highest BCUT2D eigenvalue weighted by molar-refractivity contribution is 7.15. The molecule has 92 valence electrons. The topological polar surface area (TPSA) is 55.6 Å². The fourth-order valence-electron chi connectivity index (χ4n) is 1.56. The van der Waals surface area contributed by atoms with Crippen molar-refractivity contribution in [1.29, 1.82) is 0 Å². The van der Waals surface area contributed by atoms with E-state index in [-0.39, 0.29) is 0 Å². The highest BCUT2D eigenvalue weighted by Gasteiger charge is 2.08. The summed E-state index contributed by atoms with van der Waals surface area (Å²) in [5, 5.41) is 13.4. The molecular weight excluding hydrogens is 234 g/mol. The van der Waals surface area contributed by atoms with E-state index in [9.17, 15) is 0 Å². The lowest BCUT2D eigenvalue weighted by Gasteiger charge is -2.01. The van der Waals surface area contributed by atoms with Gasteiger partial charge < -0.3 is 9.88 Å². The van der Waals surface area contributed by atoms with Crippen LogP contribution in [0.25, 0.3) is 0 Å². The van der Waals surface area contributed by atoms with Crippen molar-refractivity contribution in [1.82, 2.24) is 19.7 Å². The zero-order valence-corrected chi connectivity index (χ0v) is 11.0. The molecule has 0 aliphatic heterocycles. The zero-order chi connectivity index (χ0) is 12.1. The minimum absolute atomic E-state index is 0.756. The summed E-state index contributed by atoms with van der Waals surface area (Å²) in [6.45, 7) is 6.12. The first-order valence-electron chi connectivity index (χ1n) is 5.89. The Balaban J connectivity index is 2.01. The van der Waals surface area contributed by atoms with Crippen LogP contribution in [0.1, 0.15) is 31.1 Å². The third-order valence-corrected chi connectivity index (χ3v) is 3.33. The van der Waals surface area contributed by atoms with Gasteiger partial charge in [-0.2, -0.15) is 0 Å². The fraction of sp³-hybridized carbons (Fsp3) is 0.545. The number of hydrogen-bond donors (Lipinski definition) is 1. The summed E-state index contributed by atoms with van der Waals surface area (Å²) >= 11 is 1.60. The first-order chi connectivity index (χ1) is 8.33. The molecule has 0 aliphatic rings. The molecule has 0 aromatic carbocycles. The second-order valence-corrected chi connectivity index (χ2v) is 4.80. The minimum Gasteiger partial charge on any atom is -0.360 e. The molecule has 0 unspecified atom stereocenters. The lowest BCUT2D eigenvalue weighted by molar-refractivity contribution is 0.709. The molecule has 0 fully saturated rings. The van der Waals surface area contributed by atoms with Crippen LogP contribution in [0.15, 0.2) is 12.4 Å². The molecule has 2 rings (SSSR count). The Bertz CT molecular complexity index is 462. The first kappa shape index (κ1) is 12.0. The van der Waals surface area contributed by atoms with Gasteiger partial charge in [0.1, 0.15) is 10.8 Å². The molecule has 0 atom stereocenters. The zero-order valence-electron chi connectivity index (χ0n) is 10.2. The number of aryl methyl sites for hydroxylation is 1. The van der Waals surface area contributed by atoms with Crippen molar-refractivity contribution in [2.75, 3.05) is 11.9 Å². The number of aromatic nitrogens is 4. The number of hydrogen-bond acceptors (Lipinski definition) is 5. The Labute approximate surface area is 105 Å². The highest BCUT2D eigenvalue weighted by atomic mass is 32.1. The average Bonchev–Trinajstić information content (AvgIpc) is 2.96. The van der Waals surface area contributed by atoms with Crippen LogP contribution in [0.2, 0.25) is 0 Å². The average molecular weight is 251 g/mol. The Morgan fingerprint density at radius 2 is 2.24 bits per heavy atom. The van der Waals surface area contributed by atoms with Gasteiger partial charge in [-0.15, -0.1) is 10.2 Å². The van der Waals surface area contributed by atoms with E-state index in [0.29, 0.717) is 0 Å². The van der Waals surface area contributed by atoms with Crippen molar-refractivity contribution < 1.29 is 0 Å². The molecule has 0 aliphatic carbocycles. The maximum Gasteiger partial charge on any atom is 0.205 e. The third kappa shape index (κ3) is 3.03. The van der Waals surface area contributed by atoms with Gasteiger partial charge in [0.15, 0.2) is 0 Å². The van der Waals surface area contributed by atoms with Crippen molar-refractivity contribution in [3.8, 4) is 0 Å². The Morgan fingerprint density at radius 3 is 3.00 bits per heavy atom. The summed E-state index contributed by atoms with van der Waals surface area (Å²) in [6.07, 6.45) is 5.67. The summed E-state index contributed by atoms with van der Waals surface area (Å²) < 4.78 is 2.13.